The number of ether oxygens (including phenoxy) is 1. The Bertz CT molecular complexity index is 147. The lowest BCUT2D eigenvalue weighted by molar-refractivity contribution is 0.183. The van der Waals surface area contributed by atoms with Crippen molar-refractivity contribution in [3.63, 3.8) is 0 Å². The maximum atomic E-state index is 9.03. The Kier molecular flexibility index (Phi) is 0.957. The van der Waals surface area contributed by atoms with Crippen molar-refractivity contribution in [2.24, 2.45) is 0 Å². The monoisotopic (exact) mass is 126 g/mol. The van der Waals surface area contributed by atoms with Crippen molar-refractivity contribution >= 4 is 0 Å². The van der Waals surface area contributed by atoms with E-state index in [9.17, 15) is 0 Å². The standard InChI is InChI=1S/C7H10O2/c8-6-1-3-7(4-2-6)5-9-7/h1,3,6,8H,2,4-5H2. The fourth-order valence-corrected chi connectivity index (χ4v) is 1.19. The van der Waals surface area contributed by atoms with Gasteiger partial charge in [0.1, 0.15) is 5.60 Å². The van der Waals surface area contributed by atoms with Crippen LogP contribution < -0.4 is 0 Å². The molecule has 2 nitrogen and oxygen atoms in total. The van der Waals surface area contributed by atoms with Gasteiger partial charge in [0.15, 0.2) is 0 Å². The van der Waals surface area contributed by atoms with Crippen LogP contribution in [-0.2, 0) is 4.74 Å². The zero-order chi connectivity index (χ0) is 6.32. The number of aliphatic hydroxyl groups is 1. The van der Waals surface area contributed by atoms with Gasteiger partial charge in [-0.05, 0) is 12.8 Å². The van der Waals surface area contributed by atoms with E-state index in [0.717, 1.165) is 19.4 Å². The molecule has 1 aliphatic heterocycles. The average Bonchev–Trinajstić information content (AvgIpc) is 2.60. The van der Waals surface area contributed by atoms with E-state index in [-0.39, 0.29) is 11.7 Å². The molecule has 2 rings (SSSR count). The molecule has 0 amide bonds. The van der Waals surface area contributed by atoms with Gasteiger partial charge in [-0.25, -0.2) is 0 Å². The minimum absolute atomic E-state index is 0.0687. The fourth-order valence-electron chi connectivity index (χ4n) is 1.19. The first kappa shape index (κ1) is 5.45. The maximum absolute atomic E-state index is 9.03. The SMILES string of the molecule is OC1C=CC2(CC1)CO2. The second-order valence-electron chi connectivity index (χ2n) is 2.82. The van der Waals surface area contributed by atoms with Crippen LogP contribution in [0.4, 0.5) is 0 Å². The van der Waals surface area contributed by atoms with Crippen molar-refractivity contribution in [1.82, 2.24) is 0 Å². The normalized spacial score (nSPS) is 47.9. The second-order valence-corrected chi connectivity index (χ2v) is 2.82. The van der Waals surface area contributed by atoms with Gasteiger partial charge >= 0.3 is 0 Å². The van der Waals surface area contributed by atoms with Crippen LogP contribution in [0.1, 0.15) is 12.8 Å². The Labute approximate surface area is 54.1 Å². The fraction of sp³-hybridized carbons (Fsp3) is 0.714. The molecule has 2 atom stereocenters. The van der Waals surface area contributed by atoms with E-state index in [1.54, 1.807) is 0 Å². The van der Waals surface area contributed by atoms with Crippen LogP contribution in [0.5, 0.6) is 0 Å². The highest BCUT2D eigenvalue weighted by Crippen LogP contribution is 2.36. The van der Waals surface area contributed by atoms with Crippen molar-refractivity contribution < 1.29 is 9.84 Å². The summed E-state index contributed by atoms with van der Waals surface area (Å²) in [5.74, 6) is 0. The number of aliphatic hydroxyl groups excluding tert-OH is 1. The van der Waals surface area contributed by atoms with Crippen LogP contribution in [0.2, 0.25) is 0 Å². The summed E-state index contributed by atoms with van der Waals surface area (Å²) in [6, 6.07) is 0. The van der Waals surface area contributed by atoms with Crippen LogP contribution in [0, 0.1) is 0 Å². The molecular weight excluding hydrogens is 116 g/mol. The molecule has 1 N–H and O–H groups in total. The molecule has 0 saturated carbocycles. The molecule has 0 aromatic heterocycles. The number of rotatable bonds is 0. The third-order valence-corrected chi connectivity index (χ3v) is 2.00. The highest BCUT2D eigenvalue weighted by atomic mass is 16.6. The third kappa shape index (κ3) is 0.884. The van der Waals surface area contributed by atoms with Crippen LogP contribution in [0.3, 0.4) is 0 Å². The number of hydrogen-bond acceptors (Lipinski definition) is 2. The van der Waals surface area contributed by atoms with Gasteiger partial charge in [0.2, 0.25) is 0 Å². The Morgan fingerprint density at radius 3 is 2.89 bits per heavy atom. The van der Waals surface area contributed by atoms with Gasteiger partial charge in [-0.15, -0.1) is 0 Å². The summed E-state index contributed by atoms with van der Waals surface area (Å²) in [7, 11) is 0. The third-order valence-electron chi connectivity index (χ3n) is 2.00. The summed E-state index contributed by atoms with van der Waals surface area (Å²) in [5, 5.41) is 9.03. The second kappa shape index (κ2) is 1.58. The molecule has 1 heterocycles. The van der Waals surface area contributed by atoms with Crippen LogP contribution in [0.25, 0.3) is 0 Å². The van der Waals surface area contributed by atoms with E-state index in [4.69, 9.17) is 9.84 Å². The lowest BCUT2D eigenvalue weighted by Crippen LogP contribution is -2.18. The lowest BCUT2D eigenvalue weighted by atomic mass is 9.95. The molecular formula is C7H10O2. The predicted molar refractivity (Wildman–Crippen MR) is 33.1 cm³/mol. The first-order chi connectivity index (χ1) is 4.31. The van der Waals surface area contributed by atoms with Crippen molar-refractivity contribution in [3.05, 3.63) is 12.2 Å². The smallest absolute Gasteiger partial charge is 0.110 e. The Balaban J connectivity index is 2.09. The van der Waals surface area contributed by atoms with Gasteiger partial charge in [0, 0.05) is 0 Å². The molecule has 2 aliphatic rings. The summed E-state index contributed by atoms with van der Waals surface area (Å²) in [5.41, 5.74) is 0.0687. The van der Waals surface area contributed by atoms with Gasteiger partial charge in [0.25, 0.3) is 0 Å². The van der Waals surface area contributed by atoms with E-state index >= 15 is 0 Å². The zero-order valence-corrected chi connectivity index (χ0v) is 5.21. The molecule has 1 saturated heterocycles. The molecule has 1 aliphatic carbocycles. The molecule has 50 valence electrons. The van der Waals surface area contributed by atoms with Gasteiger partial charge < -0.3 is 9.84 Å². The molecule has 2 unspecified atom stereocenters. The molecule has 0 bridgehead atoms. The summed E-state index contributed by atoms with van der Waals surface area (Å²) in [6.45, 7) is 0.857. The van der Waals surface area contributed by atoms with Crippen LogP contribution in [-0.4, -0.2) is 23.4 Å². The molecule has 9 heavy (non-hydrogen) atoms. The Morgan fingerprint density at radius 2 is 2.44 bits per heavy atom. The van der Waals surface area contributed by atoms with Crippen LogP contribution >= 0.6 is 0 Å². The first-order valence-corrected chi connectivity index (χ1v) is 3.32. The molecule has 0 aromatic rings. The molecule has 1 fully saturated rings. The van der Waals surface area contributed by atoms with Gasteiger partial charge in [0.05, 0.1) is 12.7 Å². The lowest BCUT2D eigenvalue weighted by Gasteiger charge is -2.14. The van der Waals surface area contributed by atoms with Crippen molar-refractivity contribution in [1.29, 1.82) is 0 Å². The zero-order valence-electron chi connectivity index (χ0n) is 5.21. The Hall–Kier alpha value is -0.340. The summed E-state index contributed by atoms with van der Waals surface area (Å²) in [4.78, 5) is 0. The van der Waals surface area contributed by atoms with E-state index in [1.807, 2.05) is 12.2 Å². The van der Waals surface area contributed by atoms with E-state index in [2.05, 4.69) is 0 Å². The van der Waals surface area contributed by atoms with E-state index in [0.29, 0.717) is 0 Å². The van der Waals surface area contributed by atoms with E-state index in [1.165, 1.54) is 0 Å². The highest BCUT2D eigenvalue weighted by molar-refractivity contribution is 5.15. The van der Waals surface area contributed by atoms with Gasteiger partial charge in [-0.1, -0.05) is 12.2 Å². The molecule has 2 heteroatoms. The summed E-state index contributed by atoms with van der Waals surface area (Å²) < 4.78 is 5.19. The van der Waals surface area contributed by atoms with Crippen LogP contribution in [0.15, 0.2) is 12.2 Å². The number of hydrogen-bond donors (Lipinski definition) is 1. The summed E-state index contributed by atoms with van der Waals surface area (Å²) >= 11 is 0. The molecule has 0 aromatic carbocycles. The van der Waals surface area contributed by atoms with Crippen molar-refractivity contribution in [3.8, 4) is 0 Å². The minimum atomic E-state index is -0.222. The molecule has 1 spiro atoms. The van der Waals surface area contributed by atoms with Crippen molar-refractivity contribution in [2.45, 2.75) is 24.5 Å². The average molecular weight is 126 g/mol. The topological polar surface area (TPSA) is 32.8 Å². The largest absolute Gasteiger partial charge is 0.389 e. The Morgan fingerprint density at radius 1 is 1.67 bits per heavy atom. The highest BCUT2D eigenvalue weighted by Gasteiger charge is 2.43. The number of epoxide rings is 1. The summed E-state index contributed by atoms with van der Waals surface area (Å²) in [6.07, 6.45) is 5.44. The van der Waals surface area contributed by atoms with Gasteiger partial charge in [-0.2, -0.15) is 0 Å². The first-order valence-electron chi connectivity index (χ1n) is 3.32. The quantitative estimate of drug-likeness (QED) is 0.378. The molecule has 0 radical (unpaired) electrons. The van der Waals surface area contributed by atoms with Crippen molar-refractivity contribution in [2.75, 3.05) is 6.61 Å². The van der Waals surface area contributed by atoms with E-state index < -0.39 is 0 Å². The maximum Gasteiger partial charge on any atom is 0.110 e. The minimum Gasteiger partial charge on any atom is -0.389 e. The van der Waals surface area contributed by atoms with Gasteiger partial charge in [-0.3, -0.25) is 0 Å². The predicted octanol–water partition coefficient (Wildman–Crippen LogP) is 0.466.